The number of hydrogen-bond donors (Lipinski definition) is 2. The van der Waals surface area contributed by atoms with Gasteiger partial charge in [0.05, 0.1) is 10.2 Å². The Labute approximate surface area is 159 Å². The fourth-order valence-corrected chi connectivity index (χ4v) is 3.36. The maximum Gasteiger partial charge on any atom is 0.277 e. The topological polar surface area (TPSA) is 106 Å². The van der Waals surface area contributed by atoms with Gasteiger partial charge in [0.1, 0.15) is 5.69 Å². The van der Waals surface area contributed by atoms with E-state index in [0.29, 0.717) is 22.9 Å². The molecule has 0 spiro atoms. The van der Waals surface area contributed by atoms with Crippen molar-refractivity contribution in [1.29, 1.82) is 0 Å². The summed E-state index contributed by atoms with van der Waals surface area (Å²) >= 11 is 1.29. The van der Waals surface area contributed by atoms with Gasteiger partial charge in [0.25, 0.3) is 11.5 Å². The van der Waals surface area contributed by atoms with Crippen molar-refractivity contribution < 1.29 is 9.59 Å². The average molecular weight is 385 g/mol. The number of thiazole rings is 1. The van der Waals surface area contributed by atoms with Gasteiger partial charge < -0.3 is 5.32 Å². The van der Waals surface area contributed by atoms with E-state index < -0.39 is 5.91 Å². The fourth-order valence-electron chi connectivity index (χ4n) is 2.46. The monoisotopic (exact) mass is 385 g/mol. The molecular formula is C18H19N5O3S. The van der Waals surface area contributed by atoms with Gasteiger partial charge in [0, 0.05) is 25.2 Å². The molecule has 2 aromatic heterocycles. The summed E-state index contributed by atoms with van der Waals surface area (Å²) in [7, 11) is 0. The largest absolute Gasteiger partial charge is 0.326 e. The number of amides is 2. The summed E-state index contributed by atoms with van der Waals surface area (Å²) in [5.74, 6) is -0.585. The van der Waals surface area contributed by atoms with Crippen LogP contribution in [0.3, 0.4) is 0 Å². The van der Waals surface area contributed by atoms with Crippen LogP contribution in [0.25, 0.3) is 10.2 Å². The van der Waals surface area contributed by atoms with Crippen molar-refractivity contribution in [2.75, 3.05) is 10.6 Å². The second-order valence-electron chi connectivity index (χ2n) is 5.97. The molecule has 3 aromatic rings. The summed E-state index contributed by atoms with van der Waals surface area (Å²) in [5, 5.41) is 9.97. The normalized spacial score (nSPS) is 10.7. The third kappa shape index (κ3) is 4.56. The molecule has 27 heavy (non-hydrogen) atoms. The van der Waals surface area contributed by atoms with Gasteiger partial charge in [0.15, 0.2) is 5.13 Å². The molecule has 0 bridgehead atoms. The van der Waals surface area contributed by atoms with E-state index in [0.717, 1.165) is 17.5 Å². The number of nitrogens with one attached hydrogen (secondary N) is 2. The third-order valence-corrected chi connectivity index (χ3v) is 4.69. The van der Waals surface area contributed by atoms with Crippen LogP contribution >= 0.6 is 11.3 Å². The number of carbonyl (C=O) groups excluding carboxylic acids is 2. The molecule has 3 rings (SSSR count). The van der Waals surface area contributed by atoms with Crippen molar-refractivity contribution in [3.63, 3.8) is 0 Å². The molecule has 2 amide bonds. The van der Waals surface area contributed by atoms with Crippen LogP contribution in [0, 0.1) is 0 Å². The molecule has 140 valence electrons. The molecular weight excluding hydrogens is 366 g/mol. The minimum Gasteiger partial charge on any atom is -0.326 e. The van der Waals surface area contributed by atoms with Gasteiger partial charge in [-0.05, 0) is 30.7 Å². The first-order valence-corrected chi connectivity index (χ1v) is 9.35. The maximum absolute atomic E-state index is 12.5. The van der Waals surface area contributed by atoms with Crippen LogP contribution in [-0.2, 0) is 11.3 Å². The molecule has 0 saturated carbocycles. The molecule has 0 aliphatic heterocycles. The number of unbranched alkanes of at least 4 members (excludes halogenated alkanes) is 1. The molecule has 2 heterocycles. The summed E-state index contributed by atoms with van der Waals surface area (Å²) in [6.07, 6.45) is 1.74. The van der Waals surface area contributed by atoms with Crippen molar-refractivity contribution in [2.24, 2.45) is 0 Å². The van der Waals surface area contributed by atoms with Crippen LogP contribution in [0.5, 0.6) is 0 Å². The second kappa shape index (κ2) is 8.09. The summed E-state index contributed by atoms with van der Waals surface area (Å²) in [6.45, 7) is 3.94. The lowest BCUT2D eigenvalue weighted by Gasteiger charge is -2.05. The number of hydrogen-bond acceptors (Lipinski definition) is 6. The molecule has 1 aromatic carbocycles. The van der Waals surface area contributed by atoms with E-state index in [1.807, 2.05) is 6.92 Å². The highest BCUT2D eigenvalue weighted by Crippen LogP contribution is 2.28. The molecule has 2 N–H and O–H groups in total. The molecule has 0 radical (unpaired) electrons. The van der Waals surface area contributed by atoms with Gasteiger partial charge in [-0.25, -0.2) is 9.67 Å². The van der Waals surface area contributed by atoms with Crippen molar-refractivity contribution in [3.8, 4) is 0 Å². The van der Waals surface area contributed by atoms with Crippen LogP contribution < -0.4 is 16.2 Å². The van der Waals surface area contributed by atoms with E-state index in [-0.39, 0.29) is 17.2 Å². The number of aromatic nitrogens is 3. The zero-order valence-electron chi connectivity index (χ0n) is 15.0. The number of rotatable bonds is 6. The Morgan fingerprint density at radius 1 is 1.19 bits per heavy atom. The average Bonchev–Trinajstić information content (AvgIpc) is 3.01. The highest BCUT2D eigenvalue weighted by molar-refractivity contribution is 7.22. The Morgan fingerprint density at radius 3 is 2.74 bits per heavy atom. The molecule has 9 heteroatoms. The summed E-state index contributed by atoms with van der Waals surface area (Å²) in [4.78, 5) is 39.8. The van der Waals surface area contributed by atoms with Gasteiger partial charge in [-0.2, -0.15) is 5.10 Å². The Bertz CT molecular complexity index is 1060. The summed E-state index contributed by atoms with van der Waals surface area (Å²) in [5.41, 5.74) is 1.31. The molecule has 0 atom stereocenters. The van der Waals surface area contributed by atoms with Crippen LogP contribution in [0.4, 0.5) is 10.8 Å². The highest BCUT2D eigenvalue weighted by atomic mass is 32.1. The molecule has 8 nitrogen and oxygen atoms in total. The first-order valence-electron chi connectivity index (χ1n) is 8.54. The van der Waals surface area contributed by atoms with Crippen LogP contribution in [0.1, 0.15) is 37.2 Å². The highest BCUT2D eigenvalue weighted by Gasteiger charge is 2.13. The van der Waals surface area contributed by atoms with E-state index in [2.05, 4.69) is 20.7 Å². The Morgan fingerprint density at radius 2 is 2.00 bits per heavy atom. The second-order valence-corrected chi connectivity index (χ2v) is 7.00. The number of anilines is 2. The molecule has 0 fully saturated rings. The molecule has 0 aliphatic rings. The SMILES string of the molecule is CCCCn1nc(C(=O)Nc2nc3ccc(NC(C)=O)cc3s2)ccc1=O. The zero-order chi connectivity index (χ0) is 19.4. The van der Waals surface area contributed by atoms with Crippen molar-refractivity contribution in [1.82, 2.24) is 14.8 Å². The number of nitrogens with zero attached hydrogens (tertiary/aromatic N) is 3. The number of aryl methyl sites for hydroxylation is 1. The van der Waals surface area contributed by atoms with E-state index in [4.69, 9.17) is 0 Å². The standard InChI is InChI=1S/C18H19N5O3S/c1-3-4-9-23-16(25)8-7-14(22-23)17(26)21-18-20-13-6-5-12(19-11(2)24)10-15(13)27-18/h5-8,10H,3-4,9H2,1-2H3,(H,19,24)(H,20,21,26). The van der Waals surface area contributed by atoms with Crippen LogP contribution in [-0.4, -0.2) is 26.6 Å². The van der Waals surface area contributed by atoms with E-state index in [9.17, 15) is 14.4 Å². The lowest BCUT2D eigenvalue weighted by Crippen LogP contribution is -2.26. The Balaban J connectivity index is 1.79. The van der Waals surface area contributed by atoms with Gasteiger partial charge in [0.2, 0.25) is 5.91 Å². The fraction of sp³-hybridized carbons (Fsp3) is 0.278. The van der Waals surface area contributed by atoms with Gasteiger partial charge in [-0.3, -0.25) is 19.7 Å². The predicted molar refractivity (Wildman–Crippen MR) is 105 cm³/mol. The predicted octanol–water partition coefficient (Wildman–Crippen LogP) is 2.86. The summed E-state index contributed by atoms with van der Waals surface area (Å²) in [6, 6.07) is 8.07. The lowest BCUT2D eigenvalue weighted by molar-refractivity contribution is -0.114. The van der Waals surface area contributed by atoms with Gasteiger partial charge in [-0.15, -0.1) is 0 Å². The van der Waals surface area contributed by atoms with Crippen LogP contribution in [0.15, 0.2) is 35.1 Å². The minimum atomic E-state index is -0.429. The van der Waals surface area contributed by atoms with E-state index in [1.54, 1.807) is 18.2 Å². The quantitative estimate of drug-likeness (QED) is 0.679. The zero-order valence-corrected chi connectivity index (χ0v) is 15.8. The molecule has 0 aliphatic carbocycles. The number of fused-ring (bicyclic) bond motifs is 1. The van der Waals surface area contributed by atoms with Crippen molar-refractivity contribution >= 4 is 44.2 Å². The summed E-state index contributed by atoms with van der Waals surface area (Å²) < 4.78 is 2.13. The van der Waals surface area contributed by atoms with Gasteiger partial charge >= 0.3 is 0 Å². The van der Waals surface area contributed by atoms with Crippen LogP contribution in [0.2, 0.25) is 0 Å². The van der Waals surface area contributed by atoms with Crippen molar-refractivity contribution in [2.45, 2.75) is 33.2 Å². The third-order valence-electron chi connectivity index (χ3n) is 3.75. The lowest BCUT2D eigenvalue weighted by atomic mass is 10.3. The first kappa shape index (κ1) is 18.7. The first-order chi connectivity index (χ1) is 13.0. The molecule has 0 unspecified atom stereocenters. The maximum atomic E-state index is 12.5. The number of benzene rings is 1. The van der Waals surface area contributed by atoms with Crippen molar-refractivity contribution in [3.05, 3.63) is 46.4 Å². The Kier molecular flexibility index (Phi) is 5.60. The van der Waals surface area contributed by atoms with E-state index >= 15 is 0 Å². The van der Waals surface area contributed by atoms with E-state index in [1.165, 1.54) is 35.1 Å². The molecule has 0 saturated heterocycles. The smallest absolute Gasteiger partial charge is 0.277 e. The Hall–Kier alpha value is -3.07. The number of carbonyl (C=O) groups is 2. The minimum absolute atomic E-state index is 0.156. The van der Waals surface area contributed by atoms with Gasteiger partial charge in [-0.1, -0.05) is 24.7 Å².